The Morgan fingerprint density at radius 2 is 2.12 bits per heavy atom. The highest BCUT2D eigenvalue weighted by atomic mass is 16.5. The SMILES string of the molecule is CCCOC(=O)CC1C(=O)NCCN1C(=O)CNc1cc(C)ccc1C. The Bertz CT molecular complexity index is 675. The Labute approximate surface area is 154 Å². The molecule has 1 heterocycles. The molecule has 1 saturated heterocycles. The van der Waals surface area contributed by atoms with Crippen molar-refractivity contribution in [1.29, 1.82) is 0 Å². The summed E-state index contributed by atoms with van der Waals surface area (Å²) in [6, 6.07) is 5.16. The van der Waals surface area contributed by atoms with Gasteiger partial charge in [-0.3, -0.25) is 14.4 Å². The highest BCUT2D eigenvalue weighted by molar-refractivity contribution is 5.93. The zero-order valence-corrected chi connectivity index (χ0v) is 15.6. The van der Waals surface area contributed by atoms with Gasteiger partial charge in [-0.05, 0) is 37.5 Å². The number of nitrogens with one attached hydrogen (secondary N) is 2. The number of hydrogen-bond acceptors (Lipinski definition) is 5. The standard InChI is InChI=1S/C19H27N3O4/c1-4-9-26-18(24)11-16-19(25)20-7-8-22(16)17(23)12-21-15-10-13(2)5-6-14(15)3/h5-6,10,16,21H,4,7-9,11-12H2,1-3H3,(H,20,25). The van der Waals surface area contributed by atoms with Crippen LogP contribution >= 0.6 is 0 Å². The third-order valence-electron chi connectivity index (χ3n) is 4.30. The molecule has 2 rings (SSSR count). The maximum atomic E-state index is 12.7. The summed E-state index contributed by atoms with van der Waals surface area (Å²) in [4.78, 5) is 38.2. The van der Waals surface area contributed by atoms with E-state index in [1.54, 1.807) is 0 Å². The quantitative estimate of drug-likeness (QED) is 0.717. The molecular weight excluding hydrogens is 334 g/mol. The van der Waals surface area contributed by atoms with Gasteiger partial charge < -0.3 is 20.3 Å². The predicted octanol–water partition coefficient (Wildman–Crippen LogP) is 1.39. The largest absolute Gasteiger partial charge is 0.466 e. The second-order valence-electron chi connectivity index (χ2n) is 6.49. The zero-order valence-electron chi connectivity index (χ0n) is 15.6. The van der Waals surface area contributed by atoms with Crippen molar-refractivity contribution in [3.63, 3.8) is 0 Å². The van der Waals surface area contributed by atoms with Crippen molar-refractivity contribution in [2.75, 3.05) is 31.6 Å². The number of rotatable bonds is 7. The number of ether oxygens (including phenoxy) is 1. The molecule has 2 amide bonds. The van der Waals surface area contributed by atoms with E-state index in [9.17, 15) is 14.4 Å². The summed E-state index contributed by atoms with van der Waals surface area (Å²) in [5.74, 6) is -0.993. The van der Waals surface area contributed by atoms with Crippen LogP contribution in [0.2, 0.25) is 0 Å². The molecule has 1 aromatic carbocycles. The highest BCUT2D eigenvalue weighted by Crippen LogP contribution is 2.17. The maximum Gasteiger partial charge on any atom is 0.308 e. The average molecular weight is 361 g/mol. The van der Waals surface area contributed by atoms with Crippen molar-refractivity contribution >= 4 is 23.5 Å². The van der Waals surface area contributed by atoms with Crippen molar-refractivity contribution in [1.82, 2.24) is 10.2 Å². The number of hydrogen-bond donors (Lipinski definition) is 2. The van der Waals surface area contributed by atoms with Gasteiger partial charge >= 0.3 is 5.97 Å². The molecule has 0 spiro atoms. The number of amides is 2. The van der Waals surface area contributed by atoms with Crippen LogP contribution in [0.4, 0.5) is 5.69 Å². The van der Waals surface area contributed by atoms with Crippen LogP contribution < -0.4 is 10.6 Å². The minimum Gasteiger partial charge on any atom is -0.466 e. The normalized spacial score (nSPS) is 16.8. The zero-order chi connectivity index (χ0) is 19.1. The van der Waals surface area contributed by atoms with Crippen molar-refractivity contribution in [3.05, 3.63) is 29.3 Å². The molecule has 0 radical (unpaired) electrons. The summed E-state index contributed by atoms with van der Waals surface area (Å²) < 4.78 is 5.06. The topological polar surface area (TPSA) is 87.7 Å². The first-order valence-corrected chi connectivity index (χ1v) is 8.96. The van der Waals surface area contributed by atoms with E-state index in [0.717, 1.165) is 16.8 Å². The first kappa shape index (κ1) is 19.8. The molecule has 1 aliphatic rings. The molecule has 0 saturated carbocycles. The monoisotopic (exact) mass is 361 g/mol. The molecule has 1 aromatic rings. The van der Waals surface area contributed by atoms with Crippen LogP contribution in [0.1, 0.15) is 30.9 Å². The number of aryl methyl sites for hydroxylation is 2. The van der Waals surface area contributed by atoms with Gasteiger partial charge in [-0.1, -0.05) is 19.1 Å². The Hall–Kier alpha value is -2.57. The molecule has 142 valence electrons. The van der Waals surface area contributed by atoms with Gasteiger partial charge in [0.05, 0.1) is 19.6 Å². The van der Waals surface area contributed by atoms with E-state index in [-0.39, 0.29) is 24.8 Å². The molecule has 1 aliphatic heterocycles. The fourth-order valence-electron chi connectivity index (χ4n) is 2.85. The molecule has 0 bridgehead atoms. The van der Waals surface area contributed by atoms with Gasteiger partial charge in [0, 0.05) is 18.8 Å². The Morgan fingerprint density at radius 1 is 1.35 bits per heavy atom. The van der Waals surface area contributed by atoms with Crippen LogP contribution in [0, 0.1) is 13.8 Å². The van der Waals surface area contributed by atoms with E-state index in [0.29, 0.717) is 26.1 Å². The summed E-state index contributed by atoms with van der Waals surface area (Å²) in [6.45, 7) is 6.99. The second-order valence-corrected chi connectivity index (χ2v) is 6.49. The number of nitrogens with zero attached hydrogens (tertiary/aromatic N) is 1. The van der Waals surface area contributed by atoms with Gasteiger partial charge in [-0.2, -0.15) is 0 Å². The molecular formula is C19H27N3O4. The van der Waals surface area contributed by atoms with Gasteiger partial charge in [0.25, 0.3) is 0 Å². The molecule has 1 unspecified atom stereocenters. The first-order chi connectivity index (χ1) is 12.4. The van der Waals surface area contributed by atoms with Crippen LogP contribution in [0.25, 0.3) is 0 Å². The number of carbonyl (C=O) groups is 3. The Balaban J connectivity index is 2.00. The summed E-state index contributed by atoms with van der Waals surface area (Å²) >= 11 is 0. The molecule has 7 nitrogen and oxygen atoms in total. The van der Waals surface area contributed by atoms with Gasteiger partial charge in [-0.25, -0.2) is 0 Å². The van der Waals surface area contributed by atoms with Crippen LogP contribution in [0.5, 0.6) is 0 Å². The minimum atomic E-state index is -0.819. The van der Waals surface area contributed by atoms with Crippen molar-refractivity contribution in [2.45, 2.75) is 39.7 Å². The number of benzene rings is 1. The maximum absolute atomic E-state index is 12.7. The van der Waals surface area contributed by atoms with Crippen LogP contribution in [0.15, 0.2) is 18.2 Å². The minimum absolute atomic E-state index is 0.0675. The van der Waals surface area contributed by atoms with Crippen LogP contribution in [-0.2, 0) is 19.1 Å². The number of carbonyl (C=O) groups excluding carboxylic acids is 3. The van der Waals surface area contributed by atoms with Crippen molar-refractivity contribution in [3.8, 4) is 0 Å². The Morgan fingerprint density at radius 3 is 2.85 bits per heavy atom. The summed E-state index contributed by atoms with van der Waals surface area (Å²) in [5, 5.41) is 5.84. The van der Waals surface area contributed by atoms with E-state index in [4.69, 9.17) is 4.74 Å². The predicted molar refractivity (Wildman–Crippen MR) is 98.8 cm³/mol. The number of anilines is 1. The molecule has 26 heavy (non-hydrogen) atoms. The molecule has 0 aromatic heterocycles. The highest BCUT2D eigenvalue weighted by Gasteiger charge is 2.34. The van der Waals surface area contributed by atoms with E-state index in [1.165, 1.54) is 4.90 Å². The van der Waals surface area contributed by atoms with E-state index >= 15 is 0 Å². The van der Waals surface area contributed by atoms with Crippen LogP contribution in [0.3, 0.4) is 0 Å². The van der Waals surface area contributed by atoms with E-state index in [2.05, 4.69) is 10.6 Å². The second kappa shape index (κ2) is 9.22. The fourth-order valence-corrected chi connectivity index (χ4v) is 2.85. The molecule has 7 heteroatoms. The van der Waals surface area contributed by atoms with E-state index in [1.807, 2.05) is 39.0 Å². The van der Waals surface area contributed by atoms with E-state index < -0.39 is 12.0 Å². The van der Waals surface area contributed by atoms with Gasteiger partial charge in [0.1, 0.15) is 6.04 Å². The fraction of sp³-hybridized carbons (Fsp3) is 0.526. The lowest BCUT2D eigenvalue weighted by Gasteiger charge is -2.34. The third kappa shape index (κ3) is 5.21. The van der Waals surface area contributed by atoms with Gasteiger partial charge in [0.15, 0.2) is 0 Å². The molecule has 1 fully saturated rings. The summed E-state index contributed by atoms with van der Waals surface area (Å²) in [7, 11) is 0. The lowest BCUT2D eigenvalue weighted by Crippen LogP contribution is -2.58. The first-order valence-electron chi connectivity index (χ1n) is 8.96. The van der Waals surface area contributed by atoms with Gasteiger partial charge in [-0.15, -0.1) is 0 Å². The van der Waals surface area contributed by atoms with Crippen LogP contribution in [-0.4, -0.2) is 55.0 Å². The average Bonchev–Trinajstić information content (AvgIpc) is 2.62. The third-order valence-corrected chi connectivity index (χ3v) is 4.30. The molecule has 2 N–H and O–H groups in total. The molecule has 1 atom stereocenters. The summed E-state index contributed by atoms with van der Waals surface area (Å²) in [6.07, 6.45) is 0.589. The Kier molecular flexibility index (Phi) is 7.00. The number of piperazine rings is 1. The van der Waals surface area contributed by atoms with Crippen molar-refractivity contribution in [2.24, 2.45) is 0 Å². The van der Waals surface area contributed by atoms with Crippen molar-refractivity contribution < 1.29 is 19.1 Å². The summed E-state index contributed by atoms with van der Waals surface area (Å²) in [5.41, 5.74) is 3.03. The lowest BCUT2D eigenvalue weighted by atomic mass is 10.1. The number of esters is 1. The smallest absolute Gasteiger partial charge is 0.308 e. The van der Waals surface area contributed by atoms with Gasteiger partial charge in [0.2, 0.25) is 11.8 Å². The molecule has 0 aliphatic carbocycles. The lowest BCUT2D eigenvalue weighted by molar-refractivity contribution is -0.151.